The molecule has 0 amide bonds. The van der Waals surface area contributed by atoms with E-state index in [1.807, 2.05) is 43.4 Å². The summed E-state index contributed by atoms with van der Waals surface area (Å²) in [5, 5.41) is 10.3. The summed E-state index contributed by atoms with van der Waals surface area (Å²) < 4.78 is 0. The number of aliphatic hydroxyl groups excluding tert-OH is 1. The molecule has 118 valence electrons. The Kier molecular flexibility index (Phi) is 6.59. The molecule has 2 aromatic rings. The van der Waals surface area contributed by atoms with E-state index in [0.29, 0.717) is 13.0 Å². The lowest BCUT2D eigenvalue weighted by Crippen LogP contribution is -2.44. The largest absolute Gasteiger partial charge is 0.390 e. The highest BCUT2D eigenvalue weighted by atomic mass is 16.3. The molecule has 0 unspecified atom stereocenters. The standard InChI is InChI=1S/C19H26N2O/c1-21(13-12-16-8-4-2-5-9-16)15-19(22)18(20)14-17-10-6-3-7-11-17/h2-11,18-19,22H,12-15,20H2,1H3/t18-,19-/m1/s1. The Morgan fingerprint density at radius 3 is 2.09 bits per heavy atom. The van der Waals surface area contributed by atoms with Crippen LogP contribution in [-0.2, 0) is 12.8 Å². The van der Waals surface area contributed by atoms with Crippen LogP contribution in [0.15, 0.2) is 60.7 Å². The van der Waals surface area contributed by atoms with E-state index in [4.69, 9.17) is 5.73 Å². The van der Waals surface area contributed by atoms with Gasteiger partial charge in [0.25, 0.3) is 0 Å². The molecule has 22 heavy (non-hydrogen) atoms. The van der Waals surface area contributed by atoms with Crippen LogP contribution in [0.25, 0.3) is 0 Å². The maximum atomic E-state index is 10.3. The molecule has 2 rings (SSSR count). The number of nitrogens with zero attached hydrogens (tertiary/aromatic N) is 1. The number of hydrogen-bond acceptors (Lipinski definition) is 3. The maximum Gasteiger partial charge on any atom is 0.0820 e. The first-order valence-corrected chi connectivity index (χ1v) is 7.85. The van der Waals surface area contributed by atoms with Gasteiger partial charge in [0.15, 0.2) is 0 Å². The molecule has 0 bridgehead atoms. The number of nitrogens with two attached hydrogens (primary N) is 1. The molecule has 0 fully saturated rings. The first kappa shape index (κ1) is 16.7. The molecule has 0 saturated heterocycles. The van der Waals surface area contributed by atoms with Crippen molar-refractivity contribution in [2.75, 3.05) is 20.1 Å². The van der Waals surface area contributed by atoms with Crippen molar-refractivity contribution in [3.8, 4) is 0 Å². The first-order chi connectivity index (χ1) is 10.6. The van der Waals surface area contributed by atoms with Crippen molar-refractivity contribution < 1.29 is 5.11 Å². The number of rotatable bonds is 8. The molecule has 0 aliphatic rings. The minimum Gasteiger partial charge on any atom is -0.390 e. The summed E-state index contributed by atoms with van der Waals surface area (Å²) in [6, 6.07) is 20.2. The lowest BCUT2D eigenvalue weighted by atomic mass is 10.0. The Morgan fingerprint density at radius 2 is 1.50 bits per heavy atom. The second kappa shape index (κ2) is 8.69. The van der Waals surface area contributed by atoms with Gasteiger partial charge >= 0.3 is 0 Å². The summed E-state index contributed by atoms with van der Waals surface area (Å²) in [7, 11) is 2.03. The fourth-order valence-electron chi connectivity index (χ4n) is 2.53. The van der Waals surface area contributed by atoms with Gasteiger partial charge in [-0.15, -0.1) is 0 Å². The minimum atomic E-state index is -0.513. The van der Waals surface area contributed by atoms with Crippen LogP contribution >= 0.6 is 0 Å². The summed E-state index contributed by atoms with van der Waals surface area (Å²) in [5.74, 6) is 0. The highest BCUT2D eigenvalue weighted by molar-refractivity contribution is 5.16. The molecule has 0 radical (unpaired) electrons. The first-order valence-electron chi connectivity index (χ1n) is 7.85. The highest BCUT2D eigenvalue weighted by Gasteiger charge is 2.17. The van der Waals surface area contributed by atoms with Crippen molar-refractivity contribution in [3.63, 3.8) is 0 Å². The van der Waals surface area contributed by atoms with Gasteiger partial charge in [-0.05, 0) is 31.0 Å². The van der Waals surface area contributed by atoms with Crippen LogP contribution in [-0.4, -0.2) is 42.3 Å². The van der Waals surface area contributed by atoms with Crippen molar-refractivity contribution in [1.82, 2.24) is 4.90 Å². The summed E-state index contributed by atoms with van der Waals surface area (Å²) in [6.07, 6.45) is 1.17. The van der Waals surface area contributed by atoms with Crippen LogP contribution in [0.5, 0.6) is 0 Å². The fraction of sp³-hybridized carbons (Fsp3) is 0.368. The molecule has 0 aliphatic heterocycles. The van der Waals surface area contributed by atoms with Crippen LogP contribution < -0.4 is 5.73 Å². The summed E-state index contributed by atoms with van der Waals surface area (Å²) in [6.45, 7) is 1.51. The third-order valence-corrected chi connectivity index (χ3v) is 3.93. The van der Waals surface area contributed by atoms with Gasteiger partial charge in [0.05, 0.1) is 6.10 Å². The quantitative estimate of drug-likeness (QED) is 0.784. The van der Waals surface area contributed by atoms with Gasteiger partial charge in [-0.3, -0.25) is 0 Å². The summed E-state index contributed by atoms with van der Waals surface area (Å²) in [5.41, 5.74) is 8.61. The van der Waals surface area contributed by atoms with E-state index in [1.165, 1.54) is 11.1 Å². The Hall–Kier alpha value is -1.68. The van der Waals surface area contributed by atoms with Gasteiger partial charge in [-0.1, -0.05) is 60.7 Å². The van der Waals surface area contributed by atoms with Crippen LogP contribution in [0.4, 0.5) is 0 Å². The van der Waals surface area contributed by atoms with Gasteiger partial charge in [0.1, 0.15) is 0 Å². The predicted molar refractivity (Wildman–Crippen MR) is 91.8 cm³/mol. The molecule has 3 N–H and O–H groups in total. The van der Waals surface area contributed by atoms with Crippen LogP contribution in [0, 0.1) is 0 Å². The van der Waals surface area contributed by atoms with Crippen molar-refractivity contribution in [3.05, 3.63) is 71.8 Å². The minimum absolute atomic E-state index is 0.235. The maximum absolute atomic E-state index is 10.3. The van der Waals surface area contributed by atoms with Gasteiger partial charge in [0, 0.05) is 19.1 Å². The zero-order valence-electron chi connectivity index (χ0n) is 13.2. The average molecular weight is 298 g/mol. The molecular weight excluding hydrogens is 272 g/mol. The van der Waals surface area contributed by atoms with Gasteiger partial charge in [-0.25, -0.2) is 0 Å². The predicted octanol–water partition coefficient (Wildman–Crippen LogP) is 2.09. The van der Waals surface area contributed by atoms with E-state index in [9.17, 15) is 5.11 Å². The smallest absolute Gasteiger partial charge is 0.0820 e. The van der Waals surface area contributed by atoms with Crippen molar-refractivity contribution in [1.29, 1.82) is 0 Å². The number of likely N-dealkylation sites (N-methyl/N-ethyl adjacent to an activating group) is 1. The summed E-state index contributed by atoms with van der Waals surface area (Å²) in [4.78, 5) is 2.14. The number of hydrogen-bond donors (Lipinski definition) is 2. The van der Waals surface area contributed by atoms with E-state index in [1.54, 1.807) is 0 Å². The van der Waals surface area contributed by atoms with Gasteiger partial charge < -0.3 is 15.7 Å². The van der Waals surface area contributed by atoms with E-state index in [-0.39, 0.29) is 6.04 Å². The Morgan fingerprint density at radius 1 is 0.955 bits per heavy atom. The molecule has 0 heterocycles. The number of aliphatic hydroxyl groups is 1. The topological polar surface area (TPSA) is 49.5 Å². The second-order valence-corrected chi connectivity index (χ2v) is 5.92. The number of benzene rings is 2. The second-order valence-electron chi connectivity index (χ2n) is 5.92. The molecule has 2 atom stereocenters. The molecule has 0 saturated carbocycles. The van der Waals surface area contributed by atoms with Crippen molar-refractivity contribution in [2.45, 2.75) is 25.0 Å². The molecule has 3 nitrogen and oxygen atoms in total. The van der Waals surface area contributed by atoms with Gasteiger partial charge in [-0.2, -0.15) is 0 Å². The van der Waals surface area contributed by atoms with Crippen LogP contribution in [0.3, 0.4) is 0 Å². The lowest BCUT2D eigenvalue weighted by Gasteiger charge is -2.25. The molecule has 0 spiro atoms. The Labute approximate surface area is 133 Å². The fourth-order valence-corrected chi connectivity index (χ4v) is 2.53. The highest BCUT2D eigenvalue weighted by Crippen LogP contribution is 2.06. The van der Waals surface area contributed by atoms with E-state index >= 15 is 0 Å². The Bertz CT molecular complexity index is 530. The van der Waals surface area contributed by atoms with Crippen LogP contribution in [0.1, 0.15) is 11.1 Å². The molecule has 0 aromatic heterocycles. The van der Waals surface area contributed by atoms with Crippen LogP contribution in [0.2, 0.25) is 0 Å². The average Bonchev–Trinajstić information content (AvgIpc) is 2.55. The normalized spacial score (nSPS) is 14.0. The van der Waals surface area contributed by atoms with E-state index in [0.717, 1.165) is 13.0 Å². The summed E-state index contributed by atoms with van der Waals surface area (Å²) >= 11 is 0. The lowest BCUT2D eigenvalue weighted by molar-refractivity contribution is 0.102. The van der Waals surface area contributed by atoms with E-state index in [2.05, 4.69) is 29.2 Å². The SMILES string of the molecule is CN(CCc1ccccc1)C[C@@H](O)[C@H](N)Cc1ccccc1. The van der Waals surface area contributed by atoms with Gasteiger partial charge in [0.2, 0.25) is 0 Å². The molecular formula is C19H26N2O. The zero-order chi connectivity index (χ0) is 15.8. The molecule has 2 aromatic carbocycles. The van der Waals surface area contributed by atoms with Crippen molar-refractivity contribution >= 4 is 0 Å². The molecule has 0 aliphatic carbocycles. The third-order valence-electron chi connectivity index (χ3n) is 3.93. The third kappa shape index (κ3) is 5.60. The zero-order valence-corrected chi connectivity index (χ0v) is 13.2. The van der Waals surface area contributed by atoms with Crippen molar-refractivity contribution in [2.24, 2.45) is 5.73 Å². The molecule has 3 heteroatoms. The monoisotopic (exact) mass is 298 g/mol. The van der Waals surface area contributed by atoms with E-state index < -0.39 is 6.10 Å². The Balaban J connectivity index is 1.74.